The molecule has 2 fully saturated rings. The van der Waals surface area contributed by atoms with Crippen LogP contribution >= 0.6 is 0 Å². The molecule has 2 aliphatic rings. The predicted octanol–water partition coefficient (Wildman–Crippen LogP) is 0.751. The molecule has 1 atom stereocenters. The molecule has 0 spiro atoms. The Hall–Kier alpha value is -0.610. The molecule has 1 saturated heterocycles. The van der Waals surface area contributed by atoms with Crippen molar-refractivity contribution >= 4 is 5.91 Å². The van der Waals surface area contributed by atoms with Gasteiger partial charge in [-0.3, -0.25) is 4.79 Å². The van der Waals surface area contributed by atoms with E-state index in [1.54, 1.807) is 0 Å². The van der Waals surface area contributed by atoms with Crippen molar-refractivity contribution in [1.82, 2.24) is 4.90 Å². The van der Waals surface area contributed by atoms with E-state index in [4.69, 9.17) is 10.5 Å². The van der Waals surface area contributed by atoms with Crippen LogP contribution in [0.3, 0.4) is 0 Å². The Morgan fingerprint density at radius 1 is 1.56 bits per heavy atom. The Balaban J connectivity index is 2.03. The van der Waals surface area contributed by atoms with Gasteiger partial charge in [0.15, 0.2) is 0 Å². The largest absolute Gasteiger partial charge is 0.379 e. The average Bonchev–Trinajstić information content (AvgIpc) is 2.95. The van der Waals surface area contributed by atoms with Gasteiger partial charge in [0.2, 0.25) is 5.91 Å². The van der Waals surface area contributed by atoms with Crippen LogP contribution in [-0.4, -0.2) is 42.1 Å². The fraction of sp³-hybridized carbons (Fsp3) is 0.917. The van der Waals surface area contributed by atoms with Gasteiger partial charge in [-0.25, -0.2) is 0 Å². The molecule has 1 unspecified atom stereocenters. The normalized spacial score (nSPS) is 29.8. The molecule has 92 valence electrons. The summed E-state index contributed by atoms with van der Waals surface area (Å²) in [4.78, 5) is 14.3. The molecule has 0 radical (unpaired) electrons. The van der Waals surface area contributed by atoms with Crippen molar-refractivity contribution in [1.29, 1.82) is 0 Å². The van der Waals surface area contributed by atoms with Crippen LogP contribution in [0.5, 0.6) is 0 Å². The summed E-state index contributed by atoms with van der Waals surface area (Å²) in [6.07, 6.45) is 3.16. The lowest BCUT2D eigenvalue weighted by Gasteiger charge is -2.33. The Bertz CT molecular complexity index is 268. The van der Waals surface area contributed by atoms with E-state index in [9.17, 15) is 4.79 Å². The van der Waals surface area contributed by atoms with E-state index >= 15 is 0 Å². The van der Waals surface area contributed by atoms with E-state index in [0.29, 0.717) is 25.6 Å². The summed E-state index contributed by atoms with van der Waals surface area (Å²) in [6, 6.07) is 0.231. The molecule has 0 aromatic heterocycles. The Labute approximate surface area is 97.1 Å². The average molecular weight is 226 g/mol. The second kappa shape index (κ2) is 4.34. The van der Waals surface area contributed by atoms with E-state index in [2.05, 4.69) is 13.8 Å². The first-order valence-corrected chi connectivity index (χ1v) is 6.20. The van der Waals surface area contributed by atoms with Crippen molar-refractivity contribution in [3.63, 3.8) is 0 Å². The van der Waals surface area contributed by atoms with Crippen LogP contribution in [0.4, 0.5) is 0 Å². The number of ether oxygens (including phenoxy) is 1. The highest BCUT2D eigenvalue weighted by Gasteiger charge is 2.42. The van der Waals surface area contributed by atoms with Crippen molar-refractivity contribution < 1.29 is 9.53 Å². The zero-order valence-corrected chi connectivity index (χ0v) is 10.2. The van der Waals surface area contributed by atoms with E-state index in [1.165, 1.54) is 12.8 Å². The van der Waals surface area contributed by atoms with Gasteiger partial charge in [0.25, 0.3) is 0 Å². The quantitative estimate of drug-likeness (QED) is 0.769. The lowest BCUT2D eigenvalue weighted by Crippen LogP contribution is -2.57. The van der Waals surface area contributed by atoms with Crippen molar-refractivity contribution in [2.45, 2.75) is 44.7 Å². The summed E-state index contributed by atoms with van der Waals surface area (Å²) in [6.45, 7) is 5.96. The first-order valence-electron chi connectivity index (χ1n) is 6.20. The summed E-state index contributed by atoms with van der Waals surface area (Å²) >= 11 is 0. The minimum absolute atomic E-state index is 0.0758. The van der Waals surface area contributed by atoms with Crippen molar-refractivity contribution in [3.05, 3.63) is 0 Å². The second-order valence-electron chi connectivity index (χ2n) is 5.45. The van der Waals surface area contributed by atoms with Gasteiger partial charge in [0.1, 0.15) is 5.54 Å². The number of nitrogens with zero attached hydrogens (tertiary/aromatic N) is 1. The summed E-state index contributed by atoms with van der Waals surface area (Å²) in [5.41, 5.74) is 5.36. The second-order valence-corrected chi connectivity index (χ2v) is 5.45. The van der Waals surface area contributed by atoms with Crippen LogP contribution < -0.4 is 5.73 Å². The molecule has 16 heavy (non-hydrogen) atoms. The Kier molecular flexibility index (Phi) is 3.22. The molecule has 0 bridgehead atoms. The van der Waals surface area contributed by atoms with Crippen LogP contribution in [0.2, 0.25) is 0 Å². The van der Waals surface area contributed by atoms with Crippen molar-refractivity contribution in [2.24, 2.45) is 11.7 Å². The number of nitrogens with two attached hydrogens (primary N) is 1. The van der Waals surface area contributed by atoms with E-state index in [-0.39, 0.29) is 11.9 Å². The fourth-order valence-electron chi connectivity index (χ4n) is 2.14. The van der Waals surface area contributed by atoms with Gasteiger partial charge in [-0.15, -0.1) is 0 Å². The molecule has 1 heterocycles. The molecule has 0 aromatic rings. The maximum absolute atomic E-state index is 12.4. The smallest absolute Gasteiger partial charge is 0.245 e. The zero-order chi connectivity index (χ0) is 11.8. The molecule has 1 aliphatic heterocycles. The Morgan fingerprint density at radius 2 is 2.25 bits per heavy atom. The lowest BCUT2D eigenvalue weighted by molar-refractivity contribution is -0.139. The van der Waals surface area contributed by atoms with Gasteiger partial charge in [0, 0.05) is 19.2 Å². The monoisotopic (exact) mass is 226 g/mol. The number of hydrogen-bond acceptors (Lipinski definition) is 3. The minimum Gasteiger partial charge on any atom is -0.379 e. The third-order valence-corrected chi connectivity index (χ3v) is 3.51. The topological polar surface area (TPSA) is 55.6 Å². The number of hydrogen-bond donors (Lipinski definition) is 1. The highest BCUT2D eigenvalue weighted by molar-refractivity contribution is 5.87. The molecular formula is C12H22N2O2. The summed E-state index contributed by atoms with van der Waals surface area (Å²) < 4.78 is 5.26. The SMILES string of the molecule is CC(C)N(CC1CC1)C(=O)C1(N)CCOC1. The summed E-state index contributed by atoms with van der Waals surface area (Å²) in [5, 5.41) is 0. The molecule has 4 heteroatoms. The zero-order valence-electron chi connectivity index (χ0n) is 10.2. The van der Waals surface area contributed by atoms with Crippen LogP contribution in [0.1, 0.15) is 33.1 Å². The number of rotatable bonds is 4. The van der Waals surface area contributed by atoms with Crippen LogP contribution in [0.25, 0.3) is 0 Å². The van der Waals surface area contributed by atoms with Crippen molar-refractivity contribution in [3.8, 4) is 0 Å². The van der Waals surface area contributed by atoms with Crippen LogP contribution in [0.15, 0.2) is 0 Å². The van der Waals surface area contributed by atoms with Gasteiger partial charge >= 0.3 is 0 Å². The molecule has 2 N–H and O–H groups in total. The van der Waals surface area contributed by atoms with Gasteiger partial charge in [0.05, 0.1) is 6.61 Å². The minimum atomic E-state index is -0.765. The van der Waals surface area contributed by atoms with Crippen molar-refractivity contribution in [2.75, 3.05) is 19.8 Å². The molecule has 1 aliphatic carbocycles. The molecule has 0 aromatic carbocycles. The van der Waals surface area contributed by atoms with E-state index < -0.39 is 5.54 Å². The van der Waals surface area contributed by atoms with E-state index in [0.717, 1.165) is 6.54 Å². The number of carbonyl (C=O) groups excluding carboxylic acids is 1. The Morgan fingerprint density at radius 3 is 2.69 bits per heavy atom. The molecule has 4 nitrogen and oxygen atoms in total. The maximum Gasteiger partial charge on any atom is 0.245 e. The third kappa shape index (κ3) is 2.38. The maximum atomic E-state index is 12.4. The van der Waals surface area contributed by atoms with Crippen LogP contribution in [0, 0.1) is 5.92 Å². The standard InChI is InChI=1S/C12H22N2O2/c1-9(2)14(7-10-3-4-10)11(15)12(13)5-6-16-8-12/h9-10H,3-8,13H2,1-2H3. The highest BCUT2D eigenvalue weighted by atomic mass is 16.5. The lowest BCUT2D eigenvalue weighted by atomic mass is 9.97. The molecule has 1 saturated carbocycles. The summed E-state index contributed by atoms with van der Waals surface area (Å²) in [5.74, 6) is 0.782. The fourth-order valence-corrected chi connectivity index (χ4v) is 2.14. The molecular weight excluding hydrogens is 204 g/mol. The van der Waals surface area contributed by atoms with E-state index in [1.807, 2.05) is 4.90 Å². The first-order chi connectivity index (χ1) is 7.53. The van der Waals surface area contributed by atoms with Gasteiger partial charge in [-0.05, 0) is 39.0 Å². The van der Waals surface area contributed by atoms with Crippen LogP contribution in [-0.2, 0) is 9.53 Å². The highest BCUT2D eigenvalue weighted by Crippen LogP contribution is 2.31. The summed E-state index contributed by atoms with van der Waals surface area (Å²) in [7, 11) is 0. The van der Waals surface area contributed by atoms with Gasteiger partial charge < -0.3 is 15.4 Å². The van der Waals surface area contributed by atoms with Gasteiger partial charge in [-0.1, -0.05) is 0 Å². The number of amides is 1. The predicted molar refractivity (Wildman–Crippen MR) is 61.9 cm³/mol. The molecule has 2 rings (SSSR count). The van der Waals surface area contributed by atoms with Gasteiger partial charge in [-0.2, -0.15) is 0 Å². The first kappa shape index (κ1) is 11.9. The molecule has 1 amide bonds. The number of carbonyl (C=O) groups is 1. The third-order valence-electron chi connectivity index (χ3n) is 3.51.